The number of anilines is 1. The minimum absolute atomic E-state index is 0.0332. The monoisotopic (exact) mass is 289 g/mol. The van der Waals surface area contributed by atoms with Crippen LogP contribution >= 0.6 is 7.82 Å². The fourth-order valence-electron chi connectivity index (χ4n) is 1.57. The third-order valence-electron chi connectivity index (χ3n) is 2.32. The summed E-state index contributed by atoms with van der Waals surface area (Å²) in [5.41, 5.74) is 6.36. The number of aliphatic hydroxyl groups excluding tert-OH is 1. The van der Waals surface area contributed by atoms with Crippen molar-refractivity contribution >= 4 is 24.8 Å². The molecule has 2 aromatic heterocycles. The lowest BCUT2D eigenvalue weighted by atomic mass is 10.4. The summed E-state index contributed by atoms with van der Waals surface area (Å²) in [6.07, 6.45) is 1.53. The molecular weight excluding hydrogens is 277 g/mol. The zero-order valence-corrected chi connectivity index (χ0v) is 10.5. The molecule has 0 aliphatic heterocycles. The van der Waals surface area contributed by atoms with Gasteiger partial charge in [-0.05, 0) is 0 Å². The van der Waals surface area contributed by atoms with Gasteiger partial charge in [0.1, 0.15) is 17.9 Å². The average molecular weight is 289 g/mol. The molecule has 0 saturated heterocycles. The van der Waals surface area contributed by atoms with Gasteiger partial charge in [0, 0.05) is 0 Å². The molecule has 11 heteroatoms. The number of aromatic nitrogens is 4. The Bertz CT molecular complexity index is 625. The Morgan fingerprint density at radius 1 is 1.42 bits per heavy atom. The van der Waals surface area contributed by atoms with E-state index < -0.39 is 20.5 Å². The van der Waals surface area contributed by atoms with Crippen molar-refractivity contribution in [3.63, 3.8) is 0 Å². The first-order valence-electron chi connectivity index (χ1n) is 5.17. The number of fused-ring (bicyclic) bond motifs is 1. The topological polar surface area (TPSA) is 157 Å². The fourth-order valence-corrected chi connectivity index (χ4v) is 2.09. The van der Waals surface area contributed by atoms with E-state index in [0.717, 1.165) is 0 Å². The van der Waals surface area contributed by atoms with Crippen molar-refractivity contribution in [2.45, 2.75) is 12.6 Å². The number of phosphoric acid groups is 1. The Morgan fingerprint density at radius 3 is 2.79 bits per heavy atom. The maximum atomic E-state index is 10.7. The van der Waals surface area contributed by atoms with Gasteiger partial charge in [0.25, 0.3) is 0 Å². The van der Waals surface area contributed by atoms with Gasteiger partial charge in [-0.2, -0.15) is 0 Å². The van der Waals surface area contributed by atoms with Crippen molar-refractivity contribution in [2.24, 2.45) is 0 Å². The van der Waals surface area contributed by atoms with Gasteiger partial charge in [-0.15, -0.1) is 0 Å². The van der Waals surface area contributed by atoms with Crippen LogP contribution in [-0.2, 0) is 15.6 Å². The molecule has 10 nitrogen and oxygen atoms in total. The van der Waals surface area contributed by atoms with Crippen LogP contribution < -0.4 is 5.73 Å². The molecular formula is C8H12N5O5P. The second-order valence-corrected chi connectivity index (χ2v) is 4.92. The van der Waals surface area contributed by atoms with Crippen molar-refractivity contribution in [3.05, 3.63) is 12.7 Å². The van der Waals surface area contributed by atoms with Gasteiger partial charge in [-0.25, -0.2) is 19.5 Å². The van der Waals surface area contributed by atoms with Crippen LogP contribution in [0.4, 0.5) is 5.82 Å². The summed E-state index contributed by atoms with van der Waals surface area (Å²) in [4.78, 5) is 29.1. The molecule has 0 spiro atoms. The third-order valence-corrected chi connectivity index (χ3v) is 2.89. The molecule has 0 aromatic carbocycles. The Hall–Kier alpha value is -1.58. The Kier molecular flexibility index (Phi) is 3.78. The van der Waals surface area contributed by atoms with E-state index >= 15 is 0 Å². The number of phosphoric ester groups is 1. The standard InChI is InChI=1S/C8H12N5O5P/c9-7-6-8(11-3-10-7)13(4-12-6)1-5(2-14)18-19(15,16)17/h3-5,14H,1-2H2,(H2,9,10,11)(H2,15,16,17)/t5-/m0/s1. The summed E-state index contributed by atoms with van der Waals surface area (Å²) in [7, 11) is -4.68. The maximum Gasteiger partial charge on any atom is 0.469 e. The summed E-state index contributed by atoms with van der Waals surface area (Å²) in [5, 5.41) is 9.06. The second kappa shape index (κ2) is 5.19. The maximum absolute atomic E-state index is 10.7. The summed E-state index contributed by atoms with van der Waals surface area (Å²) in [5.74, 6) is 0.195. The van der Waals surface area contributed by atoms with E-state index in [1.54, 1.807) is 0 Å². The minimum Gasteiger partial charge on any atom is -0.394 e. The molecule has 0 radical (unpaired) electrons. The highest BCUT2D eigenvalue weighted by atomic mass is 31.2. The average Bonchev–Trinajstić information content (AvgIpc) is 2.71. The first-order chi connectivity index (χ1) is 8.90. The number of aliphatic hydroxyl groups is 1. The Labute approximate surface area is 107 Å². The number of imidazole rings is 1. The number of nitrogens with zero attached hydrogens (tertiary/aromatic N) is 4. The van der Waals surface area contributed by atoms with Crippen molar-refractivity contribution in [2.75, 3.05) is 12.3 Å². The van der Waals surface area contributed by atoms with E-state index in [9.17, 15) is 4.57 Å². The van der Waals surface area contributed by atoms with Crippen LogP contribution in [0.5, 0.6) is 0 Å². The van der Waals surface area contributed by atoms with Crippen LogP contribution in [0.15, 0.2) is 12.7 Å². The number of rotatable bonds is 5. The predicted octanol–water partition coefficient (Wildman–Crippen LogP) is -1.12. The van der Waals surface area contributed by atoms with Gasteiger partial charge in [-0.3, -0.25) is 4.52 Å². The molecule has 2 rings (SSSR count). The van der Waals surface area contributed by atoms with E-state index in [1.165, 1.54) is 17.2 Å². The van der Waals surface area contributed by atoms with E-state index in [4.69, 9.17) is 20.6 Å². The smallest absolute Gasteiger partial charge is 0.394 e. The predicted molar refractivity (Wildman–Crippen MR) is 63.7 cm³/mol. The number of nitrogen functional groups attached to an aromatic ring is 1. The van der Waals surface area contributed by atoms with E-state index in [2.05, 4.69) is 19.5 Å². The summed E-state index contributed by atoms with van der Waals surface area (Å²) >= 11 is 0. The molecule has 104 valence electrons. The summed E-state index contributed by atoms with van der Waals surface area (Å²) in [6.45, 7) is -0.597. The number of nitrogens with two attached hydrogens (primary N) is 1. The highest BCUT2D eigenvalue weighted by Crippen LogP contribution is 2.37. The molecule has 19 heavy (non-hydrogen) atoms. The largest absolute Gasteiger partial charge is 0.469 e. The lowest BCUT2D eigenvalue weighted by Crippen LogP contribution is -2.23. The Balaban J connectivity index is 2.25. The number of hydrogen-bond donors (Lipinski definition) is 4. The quantitative estimate of drug-likeness (QED) is 0.500. The van der Waals surface area contributed by atoms with Crippen molar-refractivity contribution in [1.82, 2.24) is 19.5 Å². The highest BCUT2D eigenvalue weighted by Gasteiger charge is 2.23. The SMILES string of the molecule is Nc1ncnc2c1ncn2C[C@@H](CO)OP(=O)(O)O. The molecule has 0 saturated carbocycles. The second-order valence-electron chi connectivity index (χ2n) is 3.73. The molecule has 2 heterocycles. The van der Waals surface area contributed by atoms with Crippen LogP contribution in [0.25, 0.3) is 11.2 Å². The molecule has 1 atom stereocenters. The molecule has 0 fully saturated rings. The molecule has 0 aliphatic rings. The van der Waals surface area contributed by atoms with Crippen molar-refractivity contribution in [3.8, 4) is 0 Å². The molecule has 0 unspecified atom stereocenters. The van der Waals surface area contributed by atoms with Gasteiger partial charge in [-0.1, -0.05) is 0 Å². The lowest BCUT2D eigenvalue weighted by Gasteiger charge is -2.16. The molecule has 0 amide bonds. The lowest BCUT2D eigenvalue weighted by molar-refractivity contribution is 0.0696. The van der Waals surface area contributed by atoms with Gasteiger partial charge < -0.3 is 25.2 Å². The molecule has 0 bridgehead atoms. The molecule has 0 aliphatic carbocycles. The first-order valence-corrected chi connectivity index (χ1v) is 6.70. The van der Waals surface area contributed by atoms with E-state index in [1.807, 2.05) is 0 Å². The van der Waals surface area contributed by atoms with E-state index in [-0.39, 0.29) is 12.4 Å². The van der Waals surface area contributed by atoms with E-state index in [0.29, 0.717) is 11.2 Å². The van der Waals surface area contributed by atoms with Gasteiger partial charge in [0.15, 0.2) is 11.5 Å². The highest BCUT2D eigenvalue weighted by molar-refractivity contribution is 7.46. The van der Waals surface area contributed by atoms with Crippen LogP contribution in [0.2, 0.25) is 0 Å². The first kappa shape index (κ1) is 13.8. The summed E-state index contributed by atoms with van der Waals surface area (Å²) < 4.78 is 16.6. The van der Waals surface area contributed by atoms with Crippen LogP contribution in [0.3, 0.4) is 0 Å². The van der Waals surface area contributed by atoms with Crippen LogP contribution in [0.1, 0.15) is 0 Å². The third kappa shape index (κ3) is 3.25. The molecule has 2 aromatic rings. The van der Waals surface area contributed by atoms with Gasteiger partial charge in [0.05, 0.1) is 19.5 Å². The van der Waals surface area contributed by atoms with Gasteiger partial charge in [0.2, 0.25) is 0 Å². The van der Waals surface area contributed by atoms with Crippen LogP contribution in [0, 0.1) is 0 Å². The van der Waals surface area contributed by atoms with Crippen molar-refractivity contribution in [1.29, 1.82) is 0 Å². The zero-order valence-electron chi connectivity index (χ0n) is 9.62. The van der Waals surface area contributed by atoms with Crippen LogP contribution in [-0.4, -0.2) is 47.1 Å². The normalized spacial score (nSPS) is 13.8. The Morgan fingerprint density at radius 2 is 2.16 bits per heavy atom. The zero-order chi connectivity index (χ0) is 14.0. The number of hydrogen-bond acceptors (Lipinski definition) is 7. The van der Waals surface area contributed by atoms with Crippen molar-refractivity contribution < 1.29 is 24.0 Å². The fraction of sp³-hybridized carbons (Fsp3) is 0.375. The minimum atomic E-state index is -4.68. The van der Waals surface area contributed by atoms with Gasteiger partial charge >= 0.3 is 7.82 Å². The molecule has 5 N–H and O–H groups in total. The summed E-state index contributed by atoms with van der Waals surface area (Å²) in [6, 6.07) is 0.